The molecule has 3 aromatic rings. The van der Waals surface area contributed by atoms with Crippen LogP contribution in [-0.2, 0) is 0 Å². The van der Waals surface area contributed by atoms with Crippen LogP contribution < -0.4 is 15.1 Å². The van der Waals surface area contributed by atoms with E-state index in [0.29, 0.717) is 37.0 Å². The van der Waals surface area contributed by atoms with Gasteiger partial charge in [0, 0.05) is 46.1 Å². The largest absolute Gasteiger partial charge is 0.368 e. The summed E-state index contributed by atoms with van der Waals surface area (Å²) in [5.41, 5.74) is 1.65. The van der Waals surface area contributed by atoms with Gasteiger partial charge in [-0.25, -0.2) is 9.97 Å². The number of nitro groups is 1. The molecule has 1 fully saturated rings. The van der Waals surface area contributed by atoms with Crippen LogP contribution in [0.5, 0.6) is 0 Å². The number of anilines is 4. The SMILES string of the molecule is O=[N+]([O-])c1c(Nc2ccc(I)cc2)ncnc1N1CCN(c2cccc(Cl)c2)CC1. The second kappa shape index (κ2) is 9.00. The number of halogens is 2. The van der Waals surface area contributed by atoms with E-state index in [1.54, 1.807) is 0 Å². The molecular formula is C20H18ClIN6O2. The quantitative estimate of drug-likeness (QED) is 0.287. The number of hydrogen-bond donors (Lipinski definition) is 1. The summed E-state index contributed by atoms with van der Waals surface area (Å²) in [6.07, 6.45) is 1.36. The first-order valence-electron chi connectivity index (χ1n) is 9.29. The van der Waals surface area contributed by atoms with Crippen LogP contribution in [0, 0.1) is 13.7 Å². The summed E-state index contributed by atoms with van der Waals surface area (Å²) in [6, 6.07) is 15.3. The minimum absolute atomic E-state index is 0.118. The molecule has 1 aromatic heterocycles. The van der Waals surface area contributed by atoms with Crippen molar-refractivity contribution in [2.45, 2.75) is 0 Å². The van der Waals surface area contributed by atoms with Crippen LogP contribution in [0.4, 0.5) is 28.7 Å². The summed E-state index contributed by atoms with van der Waals surface area (Å²) >= 11 is 8.31. The van der Waals surface area contributed by atoms with Crippen LogP contribution in [0.2, 0.25) is 5.02 Å². The molecule has 2 heterocycles. The molecule has 0 aliphatic carbocycles. The van der Waals surface area contributed by atoms with E-state index >= 15 is 0 Å². The molecule has 0 spiro atoms. The Morgan fingerprint density at radius 3 is 2.40 bits per heavy atom. The van der Waals surface area contributed by atoms with Gasteiger partial charge >= 0.3 is 5.69 Å². The average Bonchev–Trinajstić information content (AvgIpc) is 2.75. The first-order valence-corrected chi connectivity index (χ1v) is 10.7. The molecular weight excluding hydrogens is 519 g/mol. The van der Waals surface area contributed by atoms with Gasteiger partial charge in [-0.3, -0.25) is 10.1 Å². The molecule has 1 aliphatic rings. The van der Waals surface area contributed by atoms with E-state index in [0.717, 1.165) is 14.9 Å². The molecule has 1 aliphatic heterocycles. The molecule has 0 amide bonds. The van der Waals surface area contributed by atoms with E-state index in [-0.39, 0.29) is 11.5 Å². The number of nitrogens with one attached hydrogen (secondary N) is 1. The molecule has 30 heavy (non-hydrogen) atoms. The number of benzene rings is 2. The monoisotopic (exact) mass is 536 g/mol. The van der Waals surface area contributed by atoms with Gasteiger partial charge in [0.15, 0.2) is 0 Å². The third-order valence-corrected chi connectivity index (χ3v) is 5.80. The van der Waals surface area contributed by atoms with Gasteiger partial charge in [0.25, 0.3) is 0 Å². The minimum atomic E-state index is -0.423. The topological polar surface area (TPSA) is 87.4 Å². The fourth-order valence-corrected chi connectivity index (χ4v) is 3.92. The molecule has 10 heteroatoms. The Balaban J connectivity index is 1.55. The summed E-state index contributed by atoms with van der Waals surface area (Å²) < 4.78 is 1.08. The molecule has 4 rings (SSSR count). The van der Waals surface area contributed by atoms with Crippen LogP contribution in [-0.4, -0.2) is 41.1 Å². The number of nitrogens with zero attached hydrogens (tertiary/aromatic N) is 5. The van der Waals surface area contributed by atoms with Crippen LogP contribution in [0.1, 0.15) is 0 Å². The van der Waals surface area contributed by atoms with E-state index in [2.05, 4.69) is 42.8 Å². The van der Waals surface area contributed by atoms with Gasteiger partial charge in [0.2, 0.25) is 11.6 Å². The third-order valence-electron chi connectivity index (χ3n) is 4.85. The van der Waals surface area contributed by atoms with Crippen LogP contribution >= 0.6 is 34.2 Å². The predicted octanol–water partition coefficient (Wildman–Crippen LogP) is 4.71. The van der Waals surface area contributed by atoms with Crippen molar-refractivity contribution in [1.29, 1.82) is 0 Å². The first kappa shape index (κ1) is 20.6. The zero-order valence-electron chi connectivity index (χ0n) is 15.8. The molecule has 0 atom stereocenters. The van der Waals surface area contributed by atoms with E-state index in [9.17, 15) is 10.1 Å². The summed E-state index contributed by atoms with van der Waals surface area (Å²) in [5.74, 6) is 0.511. The molecule has 1 N–H and O–H groups in total. The molecule has 154 valence electrons. The summed E-state index contributed by atoms with van der Waals surface area (Å²) in [7, 11) is 0. The van der Waals surface area contributed by atoms with Gasteiger partial charge in [0.1, 0.15) is 6.33 Å². The van der Waals surface area contributed by atoms with Crippen LogP contribution in [0.15, 0.2) is 54.9 Å². The molecule has 1 saturated heterocycles. The lowest BCUT2D eigenvalue weighted by atomic mass is 10.2. The lowest BCUT2D eigenvalue weighted by Crippen LogP contribution is -2.47. The highest BCUT2D eigenvalue weighted by atomic mass is 127. The van der Waals surface area contributed by atoms with Crippen molar-refractivity contribution in [3.8, 4) is 0 Å². The average molecular weight is 537 g/mol. The van der Waals surface area contributed by atoms with Crippen molar-refractivity contribution in [2.24, 2.45) is 0 Å². The van der Waals surface area contributed by atoms with Gasteiger partial charge in [-0.15, -0.1) is 0 Å². The summed E-state index contributed by atoms with van der Waals surface area (Å²) in [4.78, 5) is 24.0. The maximum atomic E-state index is 11.9. The van der Waals surface area contributed by atoms with E-state index < -0.39 is 4.92 Å². The molecule has 8 nitrogen and oxygen atoms in total. The Labute approximate surface area is 192 Å². The van der Waals surface area contributed by atoms with Crippen molar-refractivity contribution >= 4 is 62.9 Å². The number of aromatic nitrogens is 2. The zero-order chi connectivity index (χ0) is 21.1. The lowest BCUT2D eigenvalue weighted by Gasteiger charge is -2.36. The number of rotatable bonds is 5. The fourth-order valence-electron chi connectivity index (χ4n) is 3.38. The van der Waals surface area contributed by atoms with E-state index in [4.69, 9.17) is 11.6 Å². The highest BCUT2D eigenvalue weighted by Gasteiger charge is 2.29. The highest BCUT2D eigenvalue weighted by Crippen LogP contribution is 2.34. The Morgan fingerprint density at radius 1 is 1.03 bits per heavy atom. The zero-order valence-corrected chi connectivity index (χ0v) is 18.7. The minimum Gasteiger partial charge on any atom is -0.368 e. The van der Waals surface area contributed by atoms with Crippen molar-refractivity contribution in [3.63, 3.8) is 0 Å². The van der Waals surface area contributed by atoms with Crippen molar-refractivity contribution in [2.75, 3.05) is 41.3 Å². The van der Waals surface area contributed by atoms with Crippen molar-refractivity contribution in [3.05, 3.63) is 73.6 Å². The van der Waals surface area contributed by atoms with Crippen LogP contribution in [0.25, 0.3) is 0 Å². The second-order valence-electron chi connectivity index (χ2n) is 6.74. The summed E-state index contributed by atoms with van der Waals surface area (Å²) in [6.45, 7) is 2.63. The van der Waals surface area contributed by atoms with Gasteiger partial charge in [-0.05, 0) is 65.1 Å². The van der Waals surface area contributed by atoms with Crippen molar-refractivity contribution < 1.29 is 4.92 Å². The van der Waals surface area contributed by atoms with Gasteiger partial charge < -0.3 is 15.1 Å². The maximum Gasteiger partial charge on any atom is 0.353 e. The number of hydrogen-bond acceptors (Lipinski definition) is 7. The lowest BCUT2D eigenvalue weighted by molar-refractivity contribution is -0.383. The Hall–Kier alpha value is -2.66. The number of piperazine rings is 1. The van der Waals surface area contributed by atoms with Gasteiger partial charge in [-0.2, -0.15) is 0 Å². The summed E-state index contributed by atoms with van der Waals surface area (Å²) in [5, 5.41) is 15.6. The normalized spacial score (nSPS) is 13.9. The molecule has 0 saturated carbocycles. The molecule has 0 unspecified atom stereocenters. The molecule has 0 radical (unpaired) electrons. The third kappa shape index (κ3) is 4.57. The Morgan fingerprint density at radius 2 is 1.73 bits per heavy atom. The van der Waals surface area contributed by atoms with Gasteiger partial charge in [-0.1, -0.05) is 17.7 Å². The van der Waals surface area contributed by atoms with Crippen molar-refractivity contribution in [1.82, 2.24) is 9.97 Å². The standard InChI is InChI=1S/C20H18ClIN6O2/c21-14-2-1-3-17(12-14)26-8-10-27(11-9-26)20-18(28(29)30)19(23-13-24-20)25-16-6-4-15(22)5-7-16/h1-7,12-13H,8-11H2,(H,23,24,25). The fraction of sp³-hybridized carbons (Fsp3) is 0.200. The Bertz CT molecular complexity index is 1060. The maximum absolute atomic E-state index is 11.9. The smallest absolute Gasteiger partial charge is 0.353 e. The Kier molecular flexibility index (Phi) is 6.18. The van der Waals surface area contributed by atoms with Crippen LogP contribution in [0.3, 0.4) is 0 Å². The highest BCUT2D eigenvalue weighted by molar-refractivity contribution is 14.1. The molecule has 2 aromatic carbocycles. The second-order valence-corrected chi connectivity index (χ2v) is 8.42. The van der Waals surface area contributed by atoms with E-state index in [1.165, 1.54) is 6.33 Å². The van der Waals surface area contributed by atoms with E-state index in [1.807, 2.05) is 53.4 Å². The van der Waals surface area contributed by atoms with Gasteiger partial charge in [0.05, 0.1) is 4.92 Å². The predicted molar refractivity (Wildman–Crippen MR) is 127 cm³/mol. The molecule has 0 bridgehead atoms. The first-order chi connectivity index (χ1) is 14.5.